The van der Waals surface area contributed by atoms with Gasteiger partial charge in [0.25, 0.3) is 0 Å². The molecule has 94 valence electrons. The van der Waals surface area contributed by atoms with E-state index >= 15 is 0 Å². The number of ether oxygens (including phenoxy) is 1. The van der Waals surface area contributed by atoms with Crippen LogP contribution in [-0.4, -0.2) is 17.8 Å². The molecule has 0 aromatic heterocycles. The smallest absolute Gasteiger partial charge is 0.165 e. The van der Waals surface area contributed by atoms with Crippen molar-refractivity contribution in [3.63, 3.8) is 0 Å². The maximum atomic E-state index is 13.7. The normalized spacial score (nSPS) is 17.6. The summed E-state index contributed by atoms with van der Waals surface area (Å²) in [6.45, 7) is 2.31. The first-order valence-electron chi connectivity index (χ1n) is 6.24. The lowest BCUT2D eigenvalue weighted by Crippen LogP contribution is -2.19. The van der Waals surface area contributed by atoms with Crippen molar-refractivity contribution in [1.29, 1.82) is 0 Å². The third-order valence-corrected chi connectivity index (χ3v) is 3.23. The maximum Gasteiger partial charge on any atom is 0.165 e. The lowest BCUT2D eigenvalue weighted by Gasteiger charge is -2.25. The van der Waals surface area contributed by atoms with Gasteiger partial charge in [0.2, 0.25) is 0 Å². The van der Waals surface area contributed by atoms with Crippen LogP contribution >= 0.6 is 0 Å². The molecule has 1 aromatic carbocycles. The van der Waals surface area contributed by atoms with Crippen molar-refractivity contribution in [1.82, 2.24) is 0 Å². The SMILES string of the molecule is CC(O)Cc1ccc(OCC2CCC2)c(F)c1. The molecule has 1 fully saturated rings. The van der Waals surface area contributed by atoms with E-state index in [1.807, 2.05) is 6.07 Å². The van der Waals surface area contributed by atoms with Crippen molar-refractivity contribution in [3.05, 3.63) is 29.6 Å². The second kappa shape index (κ2) is 5.50. The maximum absolute atomic E-state index is 13.7. The average Bonchev–Trinajstić information content (AvgIpc) is 2.17. The summed E-state index contributed by atoms with van der Waals surface area (Å²) in [5.74, 6) is 0.597. The van der Waals surface area contributed by atoms with E-state index in [0.29, 0.717) is 24.7 Å². The van der Waals surface area contributed by atoms with Crippen molar-refractivity contribution in [2.24, 2.45) is 5.92 Å². The molecule has 0 bridgehead atoms. The molecule has 0 spiro atoms. The van der Waals surface area contributed by atoms with Gasteiger partial charge < -0.3 is 9.84 Å². The Labute approximate surface area is 101 Å². The summed E-state index contributed by atoms with van der Waals surface area (Å²) in [5.41, 5.74) is 0.800. The highest BCUT2D eigenvalue weighted by Gasteiger charge is 2.18. The van der Waals surface area contributed by atoms with Crippen molar-refractivity contribution >= 4 is 0 Å². The summed E-state index contributed by atoms with van der Waals surface area (Å²) in [7, 11) is 0. The molecule has 0 heterocycles. The molecule has 0 radical (unpaired) electrons. The Morgan fingerprint density at radius 3 is 2.76 bits per heavy atom. The molecule has 2 nitrogen and oxygen atoms in total. The van der Waals surface area contributed by atoms with E-state index in [-0.39, 0.29) is 5.82 Å². The van der Waals surface area contributed by atoms with Crippen LogP contribution in [0.2, 0.25) is 0 Å². The summed E-state index contributed by atoms with van der Waals surface area (Å²) in [6.07, 6.45) is 3.68. The van der Waals surface area contributed by atoms with Gasteiger partial charge >= 0.3 is 0 Å². The molecule has 1 saturated carbocycles. The quantitative estimate of drug-likeness (QED) is 0.854. The molecule has 1 N–H and O–H groups in total. The first-order chi connectivity index (χ1) is 8.15. The predicted molar refractivity (Wildman–Crippen MR) is 64.6 cm³/mol. The largest absolute Gasteiger partial charge is 0.490 e. The van der Waals surface area contributed by atoms with Gasteiger partial charge in [-0.3, -0.25) is 0 Å². The third-order valence-electron chi connectivity index (χ3n) is 3.23. The van der Waals surface area contributed by atoms with Crippen LogP contribution in [0.1, 0.15) is 31.7 Å². The molecule has 1 unspecified atom stereocenters. The molecule has 1 aliphatic carbocycles. The van der Waals surface area contributed by atoms with Crippen LogP contribution in [0.3, 0.4) is 0 Å². The Morgan fingerprint density at radius 2 is 2.24 bits per heavy atom. The molecule has 0 aliphatic heterocycles. The van der Waals surface area contributed by atoms with E-state index < -0.39 is 6.10 Å². The van der Waals surface area contributed by atoms with Crippen LogP contribution in [0.25, 0.3) is 0 Å². The predicted octanol–water partition coefficient (Wildman–Crippen LogP) is 2.93. The van der Waals surface area contributed by atoms with Crippen LogP contribution in [0, 0.1) is 11.7 Å². The zero-order chi connectivity index (χ0) is 12.3. The Morgan fingerprint density at radius 1 is 1.47 bits per heavy atom. The van der Waals surface area contributed by atoms with Gasteiger partial charge in [-0.1, -0.05) is 12.5 Å². The second-order valence-corrected chi connectivity index (χ2v) is 4.93. The van der Waals surface area contributed by atoms with Gasteiger partial charge in [0.15, 0.2) is 11.6 Å². The number of hydrogen-bond donors (Lipinski definition) is 1. The van der Waals surface area contributed by atoms with Crippen LogP contribution in [0.15, 0.2) is 18.2 Å². The Kier molecular flexibility index (Phi) is 4.00. The van der Waals surface area contributed by atoms with Crippen LogP contribution in [0.5, 0.6) is 5.75 Å². The second-order valence-electron chi connectivity index (χ2n) is 4.93. The minimum atomic E-state index is -0.448. The van der Waals surface area contributed by atoms with Crippen molar-refractivity contribution in [3.8, 4) is 5.75 Å². The molecule has 17 heavy (non-hydrogen) atoms. The molecule has 0 amide bonds. The van der Waals surface area contributed by atoms with Crippen molar-refractivity contribution < 1.29 is 14.2 Å². The van der Waals surface area contributed by atoms with E-state index in [1.165, 1.54) is 25.3 Å². The lowest BCUT2D eigenvalue weighted by molar-refractivity contribution is 0.175. The topological polar surface area (TPSA) is 29.5 Å². The van der Waals surface area contributed by atoms with E-state index in [1.54, 1.807) is 13.0 Å². The summed E-state index contributed by atoms with van der Waals surface area (Å²) in [6, 6.07) is 4.92. The number of aliphatic hydroxyl groups is 1. The monoisotopic (exact) mass is 238 g/mol. The first kappa shape index (κ1) is 12.4. The number of rotatable bonds is 5. The fraction of sp³-hybridized carbons (Fsp3) is 0.571. The summed E-state index contributed by atoms with van der Waals surface area (Å²) in [4.78, 5) is 0. The van der Waals surface area contributed by atoms with Gasteiger partial charge in [-0.2, -0.15) is 0 Å². The highest BCUT2D eigenvalue weighted by Crippen LogP contribution is 2.28. The first-order valence-corrected chi connectivity index (χ1v) is 6.24. The minimum Gasteiger partial charge on any atom is -0.490 e. The van der Waals surface area contributed by atoms with Gasteiger partial charge in [0.05, 0.1) is 12.7 Å². The van der Waals surface area contributed by atoms with E-state index in [0.717, 1.165) is 5.56 Å². The van der Waals surface area contributed by atoms with E-state index in [2.05, 4.69) is 0 Å². The van der Waals surface area contributed by atoms with Gasteiger partial charge in [-0.25, -0.2) is 4.39 Å². The van der Waals surface area contributed by atoms with Gasteiger partial charge in [0, 0.05) is 0 Å². The molecule has 2 rings (SSSR count). The molecule has 1 aromatic rings. The van der Waals surface area contributed by atoms with E-state index in [4.69, 9.17) is 4.74 Å². The fourth-order valence-electron chi connectivity index (χ4n) is 2.00. The molecular formula is C14H19FO2. The average molecular weight is 238 g/mol. The fourth-order valence-corrected chi connectivity index (χ4v) is 2.00. The number of halogens is 1. The molecule has 1 atom stereocenters. The number of benzene rings is 1. The number of aliphatic hydroxyl groups excluding tert-OH is 1. The standard InChI is InChI=1S/C14H19FO2/c1-10(16)7-12-5-6-14(13(15)8-12)17-9-11-3-2-4-11/h5-6,8,10-11,16H,2-4,7,9H2,1H3. The highest BCUT2D eigenvalue weighted by molar-refractivity contribution is 5.29. The van der Waals surface area contributed by atoms with Crippen LogP contribution in [0.4, 0.5) is 4.39 Å². The van der Waals surface area contributed by atoms with Gasteiger partial charge in [0.1, 0.15) is 0 Å². The van der Waals surface area contributed by atoms with Crippen molar-refractivity contribution in [2.75, 3.05) is 6.61 Å². The van der Waals surface area contributed by atoms with Crippen LogP contribution < -0.4 is 4.74 Å². The number of hydrogen-bond acceptors (Lipinski definition) is 2. The third kappa shape index (κ3) is 3.43. The van der Waals surface area contributed by atoms with Crippen LogP contribution in [-0.2, 0) is 6.42 Å². The molecular weight excluding hydrogens is 219 g/mol. The molecule has 3 heteroatoms. The Bertz CT molecular complexity index is 372. The van der Waals surface area contributed by atoms with Crippen molar-refractivity contribution in [2.45, 2.75) is 38.7 Å². The molecule has 1 aliphatic rings. The highest BCUT2D eigenvalue weighted by atomic mass is 19.1. The van der Waals surface area contributed by atoms with Gasteiger partial charge in [-0.05, 0) is 49.8 Å². The summed E-state index contributed by atoms with van der Waals surface area (Å²) in [5, 5.41) is 9.23. The molecule has 0 saturated heterocycles. The van der Waals surface area contributed by atoms with E-state index in [9.17, 15) is 9.50 Å². The summed E-state index contributed by atoms with van der Waals surface area (Å²) < 4.78 is 19.1. The Hall–Kier alpha value is -1.09. The zero-order valence-corrected chi connectivity index (χ0v) is 10.2. The Balaban J connectivity index is 1.93. The lowest BCUT2D eigenvalue weighted by atomic mass is 9.86. The minimum absolute atomic E-state index is 0.325. The summed E-state index contributed by atoms with van der Waals surface area (Å²) >= 11 is 0. The van der Waals surface area contributed by atoms with Gasteiger partial charge in [-0.15, -0.1) is 0 Å². The zero-order valence-electron chi connectivity index (χ0n) is 10.2.